The van der Waals surface area contributed by atoms with Gasteiger partial charge in [0.1, 0.15) is 0 Å². The minimum absolute atomic E-state index is 0.0916. The van der Waals surface area contributed by atoms with Crippen molar-refractivity contribution < 1.29 is 10.3 Å². The average molecular weight is 251 g/mol. The van der Waals surface area contributed by atoms with E-state index in [1.807, 2.05) is 37.1 Å². The zero-order valence-electron chi connectivity index (χ0n) is 11.1. The topological polar surface area (TPSA) is 82.1 Å². The fraction of sp³-hybridized carbons (Fsp3) is 0.462. The number of aliphatic hydroxyl groups excluding tert-OH is 1. The van der Waals surface area contributed by atoms with Crippen LogP contribution in [0.1, 0.15) is 24.5 Å². The monoisotopic (exact) mass is 251 g/mol. The Morgan fingerprint density at radius 1 is 1.50 bits per heavy atom. The summed E-state index contributed by atoms with van der Waals surface area (Å²) in [4.78, 5) is 1.99. The van der Waals surface area contributed by atoms with Crippen LogP contribution in [0.3, 0.4) is 0 Å². The Bertz CT molecular complexity index is 430. The minimum atomic E-state index is -0.343. The maximum atomic E-state index is 9.31. The van der Waals surface area contributed by atoms with Crippen molar-refractivity contribution in [3.05, 3.63) is 29.3 Å². The van der Waals surface area contributed by atoms with Crippen molar-refractivity contribution in [2.45, 2.75) is 26.4 Å². The van der Waals surface area contributed by atoms with Crippen molar-refractivity contribution >= 4 is 11.5 Å². The van der Waals surface area contributed by atoms with E-state index in [1.165, 1.54) is 0 Å². The number of nitrogens with zero attached hydrogens (tertiary/aromatic N) is 2. The third kappa shape index (κ3) is 3.63. The minimum Gasteiger partial charge on any atom is -0.409 e. The summed E-state index contributed by atoms with van der Waals surface area (Å²) in [6, 6.07) is 5.73. The van der Waals surface area contributed by atoms with Gasteiger partial charge in [0.25, 0.3) is 0 Å². The number of aryl methyl sites for hydroxylation is 1. The summed E-state index contributed by atoms with van der Waals surface area (Å²) in [6.07, 6.45) is 0.324. The van der Waals surface area contributed by atoms with Crippen LogP contribution in [0.25, 0.3) is 0 Å². The van der Waals surface area contributed by atoms with Gasteiger partial charge in [0.05, 0.1) is 6.10 Å². The van der Waals surface area contributed by atoms with E-state index < -0.39 is 0 Å². The van der Waals surface area contributed by atoms with Crippen molar-refractivity contribution in [1.29, 1.82) is 0 Å². The Balaban J connectivity index is 3.01. The smallest absolute Gasteiger partial charge is 0.172 e. The molecule has 4 N–H and O–H groups in total. The Labute approximate surface area is 108 Å². The van der Waals surface area contributed by atoms with Gasteiger partial charge in [0.15, 0.2) is 5.84 Å². The average Bonchev–Trinajstić information content (AvgIpc) is 2.34. The Hall–Kier alpha value is -1.75. The van der Waals surface area contributed by atoms with Gasteiger partial charge in [-0.15, -0.1) is 0 Å². The molecule has 0 aliphatic heterocycles. The summed E-state index contributed by atoms with van der Waals surface area (Å²) in [7, 11) is 1.92. The van der Waals surface area contributed by atoms with Gasteiger partial charge >= 0.3 is 0 Å². The molecule has 0 aliphatic carbocycles. The highest BCUT2D eigenvalue weighted by Gasteiger charge is 2.12. The van der Waals surface area contributed by atoms with E-state index in [-0.39, 0.29) is 11.9 Å². The molecule has 0 radical (unpaired) electrons. The number of amidine groups is 1. The predicted molar refractivity (Wildman–Crippen MR) is 73.3 cm³/mol. The lowest BCUT2D eigenvalue weighted by molar-refractivity contribution is 0.187. The summed E-state index contributed by atoms with van der Waals surface area (Å²) in [5.41, 5.74) is 8.35. The van der Waals surface area contributed by atoms with Crippen LogP contribution in [0, 0.1) is 6.92 Å². The van der Waals surface area contributed by atoms with Crippen LogP contribution in [-0.4, -0.2) is 35.8 Å². The lowest BCUT2D eigenvalue weighted by Gasteiger charge is -2.23. The predicted octanol–water partition coefficient (Wildman–Crippen LogP) is 1.30. The number of benzene rings is 1. The number of oxime groups is 1. The Kier molecular flexibility index (Phi) is 4.97. The van der Waals surface area contributed by atoms with Gasteiger partial charge in [-0.3, -0.25) is 0 Å². The second-order valence-corrected chi connectivity index (χ2v) is 4.57. The van der Waals surface area contributed by atoms with Gasteiger partial charge in [0.2, 0.25) is 0 Å². The summed E-state index contributed by atoms with van der Waals surface area (Å²) < 4.78 is 0. The van der Waals surface area contributed by atoms with E-state index in [2.05, 4.69) is 5.16 Å². The molecule has 0 aromatic heterocycles. The van der Waals surface area contributed by atoms with Crippen molar-refractivity contribution in [2.75, 3.05) is 18.5 Å². The van der Waals surface area contributed by atoms with Gasteiger partial charge in [-0.05, 0) is 38.0 Å². The van der Waals surface area contributed by atoms with Crippen LogP contribution in [0.5, 0.6) is 0 Å². The second-order valence-electron chi connectivity index (χ2n) is 4.57. The van der Waals surface area contributed by atoms with Gasteiger partial charge < -0.3 is 20.9 Å². The van der Waals surface area contributed by atoms with Crippen molar-refractivity contribution in [3.8, 4) is 0 Å². The first kappa shape index (κ1) is 14.3. The number of hydrogen-bond donors (Lipinski definition) is 3. The molecule has 0 spiro atoms. The first-order chi connectivity index (χ1) is 8.45. The SMILES string of the molecule is Cc1ccc(/C(N)=N/O)c(N(C)CCC(C)O)c1. The molecule has 0 amide bonds. The first-order valence-electron chi connectivity index (χ1n) is 5.93. The summed E-state index contributed by atoms with van der Waals surface area (Å²) >= 11 is 0. The molecule has 0 fully saturated rings. The van der Waals surface area contributed by atoms with E-state index in [9.17, 15) is 5.11 Å². The molecular weight excluding hydrogens is 230 g/mol. The van der Waals surface area contributed by atoms with Crippen molar-refractivity contribution in [1.82, 2.24) is 0 Å². The van der Waals surface area contributed by atoms with Crippen LogP contribution in [0.15, 0.2) is 23.4 Å². The number of nitrogens with two attached hydrogens (primary N) is 1. The van der Waals surface area contributed by atoms with Crippen LogP contribution in [0.4, 0.5) is 5.69 Å². The number of hydrogen-bond acceptors (Lipinski definition) is 4. The maximum absolute atomic E-state index is 9.31. The molecule has 0 aliphatic rings. The van der Waals surface area contributed by atoms with Crippen LogP contribution in [-0.2, 0) is 0 Å². The van der Waals surface area contributed by atoms with Gasteiger partial charge in [-0.1, -0.05) is 11.2 Å². The summed E-state index contributed by atoms with van der Waals surface area (Å²) in [6.45, 7) is 4.45. The molecule has 1 rings (SSSR count). The highest BCUT2D eigenvalue weighted by atomic mass is 16.4. The molecule has 1 aromatic carbocycles. The third-order valence-electron chi connectivity index (χ3n) is 2.83. The molecule has 1 unspecified atom stereocenters. The van der Waals surface area contributed by atoms with E-state index in [0.717, 1.165) is 11.3 Å². The van der Waals surface area contributed by atoms with Crippen LogP contribution >= 0.6 is 0 Å². The van der Waals surface area contributed by atoms with Crippen molar-refractivity contribution in [3.63, 3.8) is 0 Å². The zero-order valence-corrected chi connectivity index (χ0v) is 11.1. The summed E-state index contributed by atoms with van der Waals surface area (Å²) in [5.74, 6) is 0.0916. The quantitative estimate of drug-likeness (QED) is 0.319. The molecule has 100 valence electrons. The van der Waals surface area contributed by atoms with Crippen LogP contribution < -0.4 is 10.6 Å². The number of rotatable bonds is 5. The highest BCUT2D eigenvalue weighted by Crippen LogP contribution is 2.21. The molecule has 1 aromatic rings. The van der Waals surface area contributed by atoms with Crippen LogP contribution in [0.2, 0.25) is 0 Å². The fourth-order valence-corrected chi connectivity index (χ4v) is 1.73. The molecule has 5 heteroatoms. The summed E-state index contributed by atoms with van der Waals surface area (Å²) in [5, 5.41) is 21.1. The molecular formula is C13H21N3O2. The number of anilines is 1. The molecule has 0 saturated carbocycles. The maximum Gasteiger partial charge on any atom is 0.172 e. The molecule has 18 heavy (non-hydrogen) atoms. The molecule has 1 atom stereocenters. The lowest BCUT2D eigenvalue weighted by Crippen LogP contribution is -2.25. The van der Waals surface area contributed by atoms with Crippen molar-refractivity contribution in [2.24, 2.45) is 10.9 Å². The number of aliphatic hydroxyl groups is 1. The Morgan fingerprint density at radius 2 is 2.17 bits per heavy atom. The largest absolute Gasteiger partial charge is 0.409 e. The normalized spacial score (nSPS) is 13.4. The van der Waals surface area contributed by atoms with E-state index in [0.29, 0.717) is 18.5 Å². The second kappa shape index (κ2) is 6.26. The molecule has 0 heterocycles. The third-order valence-corrected chi connectivity index (χ3v) is 2.83. The van der Waals surface area contributed by atoms with Gasteiger partial charge in [0, 0.05) is 24.8 Å². The van der Waals surface area contributed by atoms with Gasteiger partial charge in [-0.25, -0.2) is 0 Å². The molecule has 0 bridgehead atoms. The lowest BCUT2D eigenvalue weighted by atomic mass is 10.1. The molecule has 0 saturated heterocycles. The molecule has 5 nitrogen and oxygen atoms in total. The standard InChI is InChI=1S/C13H21N3O2/c1-9-4-5-11(13(14)15-18)12(8-9)16(3)7-6-10(2)17/h4-5,8,10,17-18H,6-7H2,1-3H3,(H2,14,15). The van der Waals surface area contributed by atoms with Gasteiger partial charge in [-0.2, -0.15) is 0 Å². The van der Waals surface area contributed by atoms with E-state index in [4.69, 9.17) is 10.9 Å². The highest BCUT2D eigenvalue weighted by molar-refractivity contribution is 6.02. The van der Waals surface area contributed by atoms with E-state index in [1.54, 1.807) is 6.92 Å². The Morgan fingerprint density at radius 3 is 2.72 bits per heavy atom. The first-order valence-corrected chi connectivity index (χ1v) is 5.93. The fourth-order valence-electron chi connectivity index (χ4n) is 1.73. The van der Waals surface area contributed by atoms with E-state index >= 15 is 0 Å². The zero-order chi connectivity index (χ0) is 13.7.